The normalized spacial score (nSPS) is 26.1. The second-order valence-electron chi connectivity index (χ2n) is 4.05. The number of carboxylic acids is 1. The van der Waals surface area contributed by atoms with Gasteiger partial charge < -0.3 is 15.7 Å². The van der Waals surface area contributed by atoms with Crippen LogP contribution in [-0.2, 0) is 4.79 Å². The van der Waals surface area contributed by atoms with Crippen LogP contribution in [0.2, 0.25) is 0 Å². The van der Waals surface area contributed by atoms with E-state index in [1.165, 1.54) is 6.92 Å². The first-order valence-corrected chi connectivity index (χ1v) is 6.64. The van der Waals surface area contributed by atoms with Gasteiger partial charge in [0.05, 0.1) is 0 Å². The number of hydrogen-bond donors (Lipinski definition) is 3. The quantitative estimate of drug-likeness (QED) is 0.692. The number of nitrogens with one attached hydrogen (secondary N) is 2. The van der Waals surface area contributed by atoms with Crippen molar-refractivity contribution in [3.05, 3.63) is 0 Å². The van der Waals surface area contributed by atoms with Crippen LogP contribution in [0, 0.1) is 0 Å². The van der Waals surface area contributed by atoms with Crippen molar-refractivity contribution in [2.75, 3.05) is 6.26 Å². The fourth-order valence-corrected chi connectivity index (χ4v) is 2.57. The number of carbonyl (C=O) groups is 2. The highest BCUT2D eigenvalue weighted by molar-refractivity contribution is 7.99. The predicted molar refractivity (Wildman–Crippen MR) is 63.7 cm³/mol. The van der Waals surface area contributed by atoms with E-state index in [0.29, 0.717) is 5.25 Å². The summed E-state index contributed by atoms with van der Waals surface area (Å²) in [5.41, 5.74) is 0. The topological polar surface area (TPSA) is 78.4 Å². The molecule has 1 rings (SSSR count). The van der Waals surface area contributed by atoms with Gasteiger partial charge in [-0.2, -0.15) is 11.8 Å². The highest BCUT2D eigenvalue weighted by atomic mass is 32.2. The van der Waals surface area contributed by atoms with E-state index in [2.05, 4.69) is 16.9 Å². The molecule has 0 spiro atoms. The summed E-state index contributed by atoms with van der Waals surface area (Å²) in [6, 6.07) is -1.06. The van der Waals surface area contributed by atoms with Crippen LogP contribution in [0.1, 0.15) is 26.2 Å². The van der Waals surface area contributed by atoms with E-state index in [9.17, 15) is 9.59 Å². The van der Waals surface area contributed by atoms with Crippen molar-refractivity contribution in [3.63, 3.8) is 0 Å². The SMILES string of the molecule is CSC1CCC(NC(=O)N[C@@H](C)C(=O)O)C1. The molecule has 1 aliphatic rings. The van der Waals surface area contributed by atoms with E-state index in [-0.39, 0.29) is 12.1 Å². The highest BCUT2D eigenvalue weighted by Gasteiger charge is 2.25. The van der Waals surface area contributed by atoms with Gasteiger partial charge in [-0.15, -0.1) is 0 Å². The van der Waals surface area contributed by atoms with E-state index in [4.69, 9.17) is 5.11 Å². The van der Waals surface area contributed by atoms with Crippen LogP contribution >= 0.6 is 11.8 Å². The fourth-order valence-electron chi connectivity index (χ4n) is 1.77. The van der Waals surface area contributed by atoms with Gasteiger partial charge in [-0.1, -0.05) is 0 Å². The molecule has 16 heavy (non-hydrogen) atoms. The third kappa shape index (κ3) is 3.92. The number of urea groups is 1. The third-order valence-electron chi connectivity index (χ3n) is 2.77. The number of carboxylic acid groups (broad SMARTS) is 1. The van der Waals surface area contributed by atoms with Gasteiger partial charge in [-0.05, 0) is 32.4 Å². The molecule has 0 heterocycles. The first kappa shape index (κ1) is 13.2. The second kappa shape index (κ2) is 5.98. The van der Waals surface area contributed by atoms with Crippen molar-refractivity contribution in [1.82, 2.24) is 10.6 Å². The Morgan fingerprint density at radius 1 is 1.44 bits per heavy atom. The lowest BCUT2D eigenvalue weighted by Gasteiger charge is -2.15. The van der Waals surface area contributed by atoms with Gasteiger partial charge in [0.2, 0.25) is 0 Å². The van der Waals surface area contributed by atoms with Gasteiger partial charge in [0.15, 0.2) is 0 Å². The van der Waals surface area contributed by atoms with E-state index >= 15 is 0 Å². The minimum absolute atomic E-state index is 0.179. The molecule has 1 aliphatic carbocycles. The van der Waals surface area contributed by atoms with Gasteiger partial charge in [0, 0.05) is 11.3 Å². The molecule has 0 radical (unpaired) electrons. The average Bonchev–Trinajstić information content (AvgIpc) is 2.65. The first-order valence-electron chi connectivity index (χ1n) is 5.35. The molecule has 92 valence electrons. The van der Waals surface area contributed by atoms with Crippen LogP contribution < -0.4 is 10.6 Å². The first-order chi connectivity index (χ1) is 7.52. The van der Waals surface area contributed by atoms with Gasteiger partial charge in [0.25, 0.3) is 0 Å². The summed E-state index contributed by atoms with van der Waals surface area (Å²) in [6.45, 7) is 1.45. The lowest BCUT2D eigenvalue weighted by Crippen LogP contribution is -2.47. The lowest BCUT2D eigenvalue weighted by atomic mass is 10.2. The molecule has 0 bridgehead atoms. The van der Waals surface area contributed by atoms with Gasteiger partial charge in [-0.25, -0.2) is 4.79 Å². The molecule has 1 saturated carbocycles. The number of rotatable bonds is 4. The predicted octanol–water partition coefficient (Wildman–Crippen LogP) is 1.04. The summed E-state index contributed by atoms with van der Waals surface area (Å²) in [6.07, 6.45) is 5.12. The zero-order valence-corrected chi connectivity index (χ0v) is 10.3. The zero-order valence-electron chi connectivity index (χ0n) is 9.53. The van der Waals surface area contributed by atoms with Crippen molar-refractivity contribution in [1.29, 1.82) is 0 Å². The van der Waals surface area contributed by atoms with E-state index in [1.807, 2.05) is 11.8 Å². The maximum atomic E-state index is 11.4. The Hall–Kier alpha value is -0.910. The maximum absolute atomic E-state index is 11.4. The zero-order chi connectivity index (χ0) is 12.1. The summed E-state index contributed by atoms with van der Waals surface area (Å²) in [5, 5.41) is 14.4. The summed E-state index contributed by atoms with van der Waals surface area (Å²) in [4.78, 5) is 21.9. The largest absolute Gasteiger partial charge is 0.480 e. The minimum Gasteiger partial charge on any atom is -0.480 e. The van der Waals surface area contributed by atoms with Gasteiger partial charge in [-0.3, -0.25) is 4.79 Å². The summed E-state index contributed by atoms with van der Waals surface area (Å²) >= 11 is 1.82. The van der Waals surface area contributed by atoms with Crippen LogP contribution in [0.4, 0.5) is 4.79 Å². The molecule has 1 fully saturated rings. The van der Waals surface area contributed by atoms with E-state index in [0.717, 1.165) is 19.3 Å². The Balaban J connectivity index is 2.27. The fraction of sp³-hybridized carbons (Fsp3) is 0.800. The maximum Gasteiger partial charge on any atom is 0.325 e. The van der Waals surface area contributed by atoms with Crippen LogP contribution in [-0.4, -0.2) is 40.7 Å². The standard InChI is InChI=1S/C10H18N2O3S/c1-6(9(13)14)11-10(15)12-7-3-4-8(5-7)16-2/h6-8H,3-5H2,1-2H3,(H,13,14)(H2,11,12,15)/t6-,7?,8?/m0/s1. The van der Waals surface area contributed by atoms with Gasteiger partial charge in [0.1, 0.15) is 6.04 Å². The van der Waals surface area contributed by atoms with Crippen molar-refractivity contribution in [3.8, 4) is 0 Å². The summed E-state index contributed by atoms with van der Waals surface area (Å²) < 4.78 is 0. The molecule has 0 aromatic carbocycles. The van der Waals surface area contributed by atoms with Crippen LogP contribution in [0.25, 0.3) is 0 Å². The number of thioether (sulfide) groups is 1. The summed E-state index contributed by atoms with van der Waals surface area (Å²) in [5.74, 6) is -1.02. The van der Waals surface area contributed by atoms with Crippen molar-refractivity contribution >= 4 is 23.8 Å². The van der Waals surface area contributed by atoms with Crippen molar-refractivity contribution in [2.24, 2.45) is 0 Å². The van der Waals surface area contributed by atoms with Crippen LogP contribution in [0.15, 0.2) is 0 Å². The smallest absolute Gasteiger partial charge is 0.325 e. The minimum atomic E-state index is -1.02. The van der Waals surface area contributed by atoms with Crippen molar-refractivity contribution < 1.29 is 14.7 Å². The van der Waals surface area contributed by atoms with E-state index in [1.54, 1.807) is 0 Å². The molecular weight excluding hydrogens is 228 g/mol. The molecule has 3 N–H and O–H groups in total. The second-order valence-corrected chi connectivity index (χ2v) is 5.18. The molecule has 0 saturated heterocycles. The van der Waals surface area contributed by atoms with Crippen LogP contribution in [0.3, 0.4) is 0 Å². The highest BCUT2D eigenvalue weighted by Crippen LogP contribution is 2.27. The molecule has 3 atom stereocenters. The third-order valence-corrected chi connectivity index (χ3v) is 3.87. The molecule has 5 nitrogen and oxygen atoms in total. The Morgan fingerprint density at radius 3 is 2.62 bits per heavy atom. The van der Waals surface area contributed by atoms with E-state index < -0.39 is 12.0 Å². The number of hydrogen-bond acceptors (Lipinski definition) is 3. The monoisotopic (exact) mass is 246 g/mol. The van der Waals surface area contributed by atoms with Crippen molar-refractivity contribution in [2.45, 2.75) is 43.5 Å². The molecular formula is C10H18N2O3S. The Labute approximate surface area is 99.4 Å². The number of aliphatic carboxylic acids is 1. The number of amides is 2. The Kier molecular flexibility index (Phi) is 4.92. The molecule has 6 heteroatoms. The summed E-state index contributed by atoms with van der Waals surface area (Å²) in [7, 11) is 0. The molecule has 2 amide bonds. The Morgan fingerprint density at radius 2 is 2.12 bits per heavy atom. The van der Waals surface area contributed by atoms with Crippen LogP contribution in [0.5, 0.6) is 0 Å². The average molecular weight is 246 g/mol. The Bertz CT molecular complexity index is 273. The van der Waals surface area contributed by atoms with Gasteiger partial charge >= 0.3 is 12.0 Å². The molecule has 0 aliphatic heterocycles. The lowest BCUT2D eigenvalue weighted by molar-refractivity contribution is -0.138. The molecule has 0 aromatic heterocycles. The number of carbonyl (C=O) groups excluding carboxylic acids is 1. The molecule has 0 aromatic rings. The molecule has 2 unspecified atom stereocenters.